The van der Waals surface area contributed by atoms with Crippen LogP contribution >= 0.6 is 34.8 Å². The molecule has 9 aromatic heterocycles. The summed E-state index contributed by atoms with van der Waals surface area (Å²) in [6.45, 7) is 27.9. The van der Waals surface area contributed by atoms with Crippen molar-refractivity contribution in [1.82, 2.24) is 75.0 Å². The van der Waals surface area contributed by atoms with Crippen LogP contribution in [0.3, 0.4) is 0 Å². The summed E-state index contributed by atoms with van der Waals surface area (Å²) in [6.07, 6.45) is 15.0. The van der Waals surface area contributed by atoms with Crippen LogP contribution in [-0.4, -0.2) is 318 Å². The number of nitrogens with one attached hydrogen (secondary N) is 1. The number of anilines is 5. The van der Waals surface area contributed by atoms with Crippen molar-refractivity contribution >= 4 is 142 Å². The van der Waals surface area contributed by atoms with E-state index in [1.807, 2.05) is 69.3 Å². The van der Waals surface area contributed by atoms with Crippen molar-refractivity contribution in [1.29, 1.82) is 0 Å². The topological polar surface area (TPSA) is 433 Å². The quantitative estimate of drug-likeness (QED) is 0.0735. The summed E-state index contributed by atoms with van der Waals surface area (Å²) in [7, 11) is -10.3. The van der Waals surface area contributed by atoms with E-state index in [2.05, 4.69) is 136 Å². The first-order valence-corrected chi connectivity index (χ1v) is 55.9. The molecule has 1 aliphatic carbocycles. The van der Waals surface area contributed by atoms with Crippen LogP contribution in [0.15, 0.2) is 125 Å². The number of H-pyrrole nitrogens is 1. The lowest BCUT2D eigenvalue weighted by molar-refractivity contribution is 0.0430. The molecule has 7 aliphatic heterocycles. The first-order valence-electron chi connectivity index (χ1n) is 44.1. The van der Waals surface area contributed by atoms with E-state index in [1.54, 1.807) is 106 Å². The number of aromatic nitrogens is 15. The van der Waals surface area contributed by atoms with Crippen molar-refractivity contribution in [2.75, 3.05) is 201 Å². The third kappa shape index (κ3) is 27.9. The Labute approximate surface area is 805 Å². The Morgan fingerprint density at radius 3 is 0.911 bits per heavy atom. The van der Waals surface area contributed by atoms with Crippen molar-refractivity contribution < 1.29 is 58.9 Å². The number of hydrogen-bond acceptors (Lipinski definition) is 37. The van der Waals surface area contributed by atoms with Gasteiger partial charge in [-0.1, -0.05) is 46.9 Å². The Balaban J connectivity index is 0.000000136. The highest BCUT2D eigenvalue weighted by Gasteiger charge is 2.35. The van der Waals surface area contributed by atoms with Gasteiger partial charge in [0.25, 0.3) is 0 Å². The van der Waals surface area contributed by atoms with Crippen LogP contribution < -0.4 is 29.2 Å². The number of aromatic amines is 1. The average molecular weight is 2010 g/mol. The van der Waals surface area contributed by atoms with Crippen molar-refractivity contribution in [3.05, 3.63) is 136 Å². The molecule has 135 heavy (non-hydrogen) atoms. The third-order valence-corrected chi connectivity index (χ3v) is 30.7. The summed E-state index contributed by atoms with van der Waals surface area (Å²) >= 11 is 18.4. The minimum absolute atomic E-state index is 0.0794. The summed E-state index contributed by atoms with van der Waals surface area (Å²) in [6, 6.07) is 30.1. The number of halogens is 3. The highest BCUT2D eigenvalue weighted by atomic mass is 35.5. The van der Waals surface area contributed by atoms with Crippen molar-refractivity contribution in [2.45, 2.75) is 114 Å². The number of pyridine rings is 3. The summed E-state index contributed by atoms with van der Waals surface area (Å²) in [5.41, 5.74) is 6.10. The zero-order valence-corrected chi connectivity index (χ0v) is 84.8. The van der Waals surface area contributed by atoms with Crippen LogP contribution in [0.1, 0.15) is 64.5 Å². The SMILES string of the molecule is COc1cccc(-c2nc(N=S(C)(C)=O)cc(N3CCOC[C@H]3C)n2)c1.C[C@@H]1COCCN1c1cc(N=S(C)(C)=O)nc(-c2ccn[nH]2)n1.Cc1cc(-c2nc(N=S(C)(=O)C3COC3)cc(N3CCOC[C@H]3C)n2)cc(Cl)n1.Cc1cc(-c2nc(N=[S@@](C)(=O)C3COC3)cc(N3CCOC[C@H]3C)n2)cc(Cl)n1.Cc1cc(-c2nc(N=[S@](C)(=O)C3CC3)cc(N3CCOC[C@H]3C)n2)cc(Cl)n1. The second-order valence-corrected chi connectivity index (χ2v) is 48.7. The number of methoxy groups -OCH3 is 1. The Hall–Kier alpha value is -9.58. The molecule has 0 amide bonds. The van der Waals surface area contributed by atoms with E-state index >= 15 is 0 Å². The standard InChI is InChI=1S/2C19H24ClN5O3S.C19H24ClN5O2S.C18H24N4O3S.C14H20N6O2S/c2*1-12-6-14(7-16(20)21-12)19-22-17(24-29(3,26)15-10-28-11-15)8-18(23-19)25-4-5-27-9-13(25)2;1-12-8-14(9-16(20)21-12)19-22-17(24-28(3,26)15-4-5-15)10-18(23-19)25-6-7-27-11-13(25)2;1-13-12-25-9-8-22(13)17-11-16(21-26(3,4)23)19-18(20-17)14-6-5-7-15(10-14)24-2;1-10-9-22-7-6-20(10)13-8-12(19-23(2,3)21)16-14(17-13)11-4-5-15-18-11/h2*6-8,13,15H,4-5,9-11H2,1-3H3;8-10,13,15H,4-7,11H2,1-3H3;5-7,10-11,13H,8-9,12H2,1-4H3;4-5,8,10H,6-7,9H2,1-3H3,(H,15,18)/t13-,29?;13-,29+;13-,28-;13-;10-/m11111/s1. The van der Waals surface area contributed by atoms with E-state index in [1.165, 1.54) is 0 Å². The van der Waals surface area contributed by atoms with Gasteiger partial charge in [-0.05, 0) is 123 Å². The van der Waals surface area contributed by atoms with Crippen LogP contribution in [0.2, 0.25) is 15.5 Å². The van der Waals surface area contributed by atoms with Crippen LogP contribution in [0.25, 0.3) is 57.1 Å². The Kier molecular flexibility index (Phi) is 33.4. The first kappa shape index (κ1) is 101. The van der Waals surface area contributed by atoms with Crippen LogP contribution in [0.4, 0.5) is 58.2 Å². The Morgan fingerprint density at radius 2 is 0.644 bits per heavy atom. The van der Waals surface area contributed by atoms with Gasteiger partial charge in [-0.3, -0.25) is 5.10 Å². The lowest BCUT2D eigenvalue weighted by Crippen LogP contribution is -2.44. The van der Waals surface area contributed by atoms with E-state index < -0.39 is 48.6 Å². The van der Waals surface area contributed by atoms with E-state index in [-0.39, 0.29) is 46.0 Å². The minimum Gasteiger partial charge on any atom is -0.497 e. The van der Waals surface area contributed by atoms with Gasteiger partial charge in [-0.15, -0.1) is 0 Å². The fraction of sp³-hybridized carbons (Fsp3) is 0.506. The maximum atomic E-state index is 13.1. The third-order valence-electron chi connectivity index (χ3n) is 22.5. The molecule has 1 saturated carbocycles. The normalized spacial score (nSPS) is 20.7. The zero-order chi connectivity index (χ0) is 96.3. The molecule has 16 heterocycles. The van der Waals surface area contributed by atoms with E-state index in [0.717, 1.165) is 107 Å². The van der Waals surface area contributed by atoms with E-state index in [4.69, 9.17) is 92.6 Å². The molecule has 7 saturated heterocycles. The lowest BCUT2D eigenvalue weighted by Gasteiger charge is -2.34. The predicted octanol–water partition coefficient (Wildman–Crippen LogP) is 13.5. The van der Waals surface area contributed by atoms with Crippen molar-refractivity contribution in [2.24, 2.45) is 21.8 Å². The van der Waals surface area contributed by atoms with Gasteiger partial charge in [-0.2, -0.15) is 26.9 Å². The fourth-order valence-electron chi connectivity index (χ4n) is 15.1. The maximum Gasteiger partial charge on any atom is 0.181 e. The van der Waals surface area contributed by atoms with Gasteiger partial charge in [0.15, 0.2) is 58.2 Å². The molecule has 38 nitrogen and oxygen atoms in total. The molecule has 18 rings (SSSR count). The maximum absolute atomic E-state index is 13.1. The summed E-state index contributed by atoms with van der Waals surface area (Å²) in [4.78, 5) is 69.8. The van der Waals surface area contributed by atoms with Gasteiger partial charge >= 0.3 is 0 Å². The highest BCUT2D eigenvalue weighted by molar-refractivity contribution is 7.94. The molecule has 8 fully saturated rings. The second kappa shape index (κ2) is 44.5. The van der Waals surface area contributed by atoms with Gasteiger partial charge in [-0.25, -0.2) is 85.8 Å². The number of benzene rings is 1. The van der Waals surface area contributed by atoms with E-state index in [0.29, 0.717) is 185 Å². The Bertz CT molecular complexity index is 6360. The lowest BCUT2D eigenvalue weighted by atomic mass is 10.2. The first-order chi connectivity index (χ1) is 64.2. The van der Waals surface area contributed by atoms with Gasteiger partial charge in [0.1, 0.15) is 56.0 Å². The molecule has 0 bridgehead atoms. The summed E-state index contributed by atoms with van der Waals surface area (Å²) < 4.78 is 129. The molecule has 1 aromatic carbocycles. The molecular formula is C89H116Cl3N25O13S5. The molecule has 8 atom stereocenters. The largest absolute Gasteiger partial charge is 0.497 e. The molecular weight excluding hydrogens is 1890 g/mol. The summed E-state index contributed by atoms with van der Waals surface area (Å²) in [5.74, 6) is 9.02. The van der Waals surface area contributed by atoms with Gasteiger partial charge in [0, 0.05) is 177 Å². The van der Waals surface area contributed by atoms with Gasteiger partial charge < -0.3 is 62.4 Å². The minimum atomic E-state index is -2.47. The molecule has 0 spiro atoms. The number of nitrogens with zero attached hydrogens (tertiary/aromatic N) is 24. The predicted molar refractivity (Wildman–Crippen MR) is 532 cm³/mol. The molecule has 8 aliphatic rings. The van der Waals surface area contributed by atoms with Crippen molar-refractivity contribution in [3.8, 4) is 62.8 Å². The fourth-order valence-corrected chi connectivity index (χ4v) is 21.2. The molecule has 1 unspecified atom stereocenters. The molecule has 10 aromatic rings. The average Bonchev–Trinajstić information content (AvgIpc) is 1.62. The highest BCUT2D eigenvalue weighted by Crippen LogP contribution is 2.38. The van der Waals surface area contributed by atoms with Crippen LogP contribution in [0.5, 0.6) is 5.75 Å². The molecule has 1 N–H and O–H groups in total. The number of rotatable bonds is 19. The molecule has 0 radical (unpaired) electrons. The Morgan fingerprint density at radius 1 is 0.348 bits per heavy atom. The number of morpholine rings is 5. The molecule has 46 heteroatoms. The van der Waals surface area contributed by atoms with Gasteiger partial charge in [0.05, 0.1) is 170 Å². The van der Waals surface area contributed by atoms with Crippen LogP contribution in [-0.2, 0) is 81.8 Å². The van der Waals surface area contributed by atoms with Crippen LogP contribution in [0, 0.1) is 20.8 Å². The smallest absolute Gasteiger partial charge is 0.181 e. The summed E-state index contributed by atoms with van der Waals surface area (Å²) in [5, 5.41) is 7.93. The number of aryl methyl sites for hydroxylation is 3. The monoisotopic (exact) mass is 2010 g/mol. The number of ether oxygens (including phenoxy) is 8. The second-order valence-electron chi connectivity index (χ2n) is 34.7. The van der Waals surface area contributed by atoms with Gasteiger partial charge in [0.2, 0.25) is 0 Å². The van der Waals surface area contributed by atoms with Crippen molar-refractivity contribution in [3.63, 3.8) is 0 Å². The molecule has 726 valence electrons. The van der Waals surface area contributed by atoms with E-state index in [9.17, 15) is 21.0 Å². The number of hydrogen-bond donors (Lipinski definition) is 1. The zero-order valence-electron chi connectivity index (χ0n) is 78.5.